The highest BCUT2D eigenvalue weighted by Gasteiger charge is 2.46. The average molecular weight is 344 g/mol. The Morgan fingerprint density at radius 1 is 1.21 bits per heavy atom. The number of halogens is 4. The van der Waals surface area contributed by atoms with Gasteiger partial charge < -0.3 is 9.80 Å². The smallest absolute Gasteiger partial charge is 0.329 e. The highest BCUT2D eigenvalue weighted by molar-refractivity contribution is 5.97. The summed E-state index contributed by atoms with van der Waals surface area (Å²) >= 11 is 0. The second-order valence-electron chi connectivity index (χ2n) is 6.14. The van der Waals surface area contributed by atoms with Crippen molar-refractivity contribution in [3.63, 3.8) is 0 Å². The van der Waals surface area contributed by atoms with Crippen molar-refractivity contribution in [2.75, 3.05) is 6.54 Å². The molecule has 8 heteroatoms. The lowest BCUT2D eigenvalue weighted by Crippen LogP contribution is -2.61. The monoisotopic (exact) mass is 344 g/mol. The number of carbonyl (C=O) groups excluding carboxylic acids is 2. The summed E-state index contributed by atoms with van der Waals surface area (Å²) in [4.78, 5) is 27.7. The summed E-state index contributed by atoms with van der Waals surface area (Å²) in [6.45, 7) is 1.94. The van der Waals surface area contributed by atoms with Crippen LogP contribution in [0.4, 0.5) is 17.6 Å². The van der Waals surface area contributed by atoms with E-state index < -0.39 is 29.6 Å². The number of benzene rings is 1. The zero-order valence-corrected chi connectivity index (χ0v) is 12.9. The Hall–Kier alpha value is -2.12. The number of piperazine rings is 1. The van der Waals surface area contributed by atoms with Crippen molar-refractivity contribution < 1.29 is 27.2 Å². The van der Waals surface area contributed by atoms with Crippen molar-refractivity contribution in [2.45, 2.75) is 44.6 Å². The first-order valence-corrected chi connectivity index (χ1v) is 7.66. The summed E-state index contributed by atoms with van der Waals surface area (Å²) in [5, 5.41) is 0. The topological polar surface area (TPSA) is 40.6 Å². The van der Waals surface area contributed by atoms with Gasteiger partial charge in [-0.1, -0.05) is 6.07 Å². The number of hydrogen-bond donors (Lipinski definition) is 0. The maximum Gasteiger partial charge on any atom is 0.419 e. The fourth-order valence-electron chi connectivity index (χ4n) is 3.34. The Morgan fingerprint density at radius 3 is 2.58 bits per heavy atom. The van der Waals surface area contributed by atoms with Gasteiger partial charge in [0.1, 0.15) is 17.9 Å². The van der Waals surface area contributed by atoms with Gasteiger partial charge >= 0.3 is 6.18 Å². The number of fused-ring (bicyclic) bond motifs is 1. The molecule has 2 heterocycles. The fraction of sp³-hybridized carbons (Fsp3) is 0.500. The summed E-state index contributed by atoms with van der Waals surface area (Å²) in [6, 6.07) is 1.36. The number of alkyl halides is 3. The maximum atomic E-state index is 13.4. The van der Waals surface area contributed by atoms with Crippen molar-refractivity contribution in [3.05, 3.63) is 35.1 Å². The Bertz CT molecular complexity index is 689. The van der Waals surface area contributed by atoms with Crippen LogP contribution in [0.1, 0.15) is 30.9 Å². The van der Waals surface area contributed by atoms with Gasteiger partial charge in [-0.05, 0) is 37.5 Å². The Labute approximate surface area is 136 Å². The maximum absolute atomic E-state index is 13.4. The second kappa shape index (κ2) is 5.75. The summed E-state index contributed by atoms with van der Waals surface area (Å²) in [6.07, 6.45) is -3.52. The van der Waals surface area contributed by atoms with Crippen LogP contribution in [0.15, 0.2) is 18.2 Å². The van der Waals surface area contributed by atoms with Crippen LogP contribution in [0, 0.1) is 5.82 Å². The number of carbonyl (C=O) groups is 2. The van der Waals surface area contributed by atoms with Crippen molar-refractivity contribution in [3.8, 4) is 0 Å². The number of rotatable bonds is 2. The van der Waals surface area contributed by atoms with Crippen LogP contribution < -0.4 is 0 Å². The van der Waals surface area contributed by atoms with Crippen LogP contribution in [-0.4, -0.2) is 40.2 Å². The fourth-order valence-corrected chi connectivity index (χ4v) is 3.34. The Morgan fingerprint density at radius 2 is 1.92 bits per heavy atom. The molecule has 4 nitrogen and oxygen atoms in total. The molecule has 2 atom stereocenters. The predicted molar refractivity (Wildman–Crippen MR) is 76.1 cm³/mol. The summed E-state index contributed by atoms with van der Waals surface area (Å²) in [7, 11) is 0. The molecule has 0 N–H and O–H groups in total. The molecule has 0 aliphatic carbocycles. The molecule has 2 amide bonds. The molecule has 0 unspecified atom stereocenters. The molecule has 0 saturated carbocycles. The molecule has 0 aromatic heterocycles. The van der Waals surface area contributed by atoms with E-state index in [2.05, 4.69) is 0 Å². The lowest BCUT2D eigenvalue weighted by atomic mass is 10.0. The van der Waals surface area contributed by atoms with Crippen molar-refractivity contribution in [2.24, 2.45) is 0 Å². The Balaban J connectivity index is 1.88. The van der Waals surface area contributed by atoms with E-state index in [1.54, 1.807) is 6.92 Å². The van der Waals surface area contributed by atoms with Crippen LogP contribution in [0.2, 0.25) is 0 Å². The summed E-state index contributed by atoms with van der Waals surface area (Å²) in [5.41, 5.74) is -1.23. The van der Waals surface area contributed by atoms with E-state index >= 15 is 0 Å². The van der Waals surface area contributed by atoms with Gasteiger partial charge in [-0.25, -0.2) is 4.39 Å². The molecule has 130 valence electrons. The van der Waals surface area contributed by atoms with Crippen molar-refractivity contribution in [1.29, 1.82) is 0 Å². The largest absolute Gasteiger partial charge is 0.419 e. The minimum absolute atomic E-state index is 0.142. The third-order valence-electron chi connectivity index (χ3n) is 4.62. The van der Waals surface area contributed by atoms with Crippen molar-refractivity contribution >= 4 is 11.8 Å². The van der Waals surface area contributed by atoms with E-state index in [-0.39, 0.29) is 23.9 Å². The molecule has 0 bridgehead atoms. The first-order chi connectivity index (χ1) is 11.2. The molecule has 1 aromatic carbocycles. The number of nitrogens with zero attached hydrogens (tertiary/aromatic N) is 2. The van der Waals surface area contributed by atoms with Gasteiger partial charge in [0.25, 0.3) is 0 Å². The van der Waals surface area contributed by atoms with Crippen LogP contribution in [0.25, 0.3) is 0 Å². The average Bonchev–Trinajstić information content (AvgIpc) is 2.99. The number of amides is 2. The van der Waals surface area contributed by atoms with Crippen LogP contribution in [-0.2, 0) is 22.3 Å². The summed E-state index contributed by atoms with van der Waals surface area (Å²) in [5.74, 6) is -1.82. The molecule has 1 aromatic rings. The van der Waals surface area contributed by atoms with Crippen LogP contribution in [0.5, 0.6) is 0 Å². The minimum Gasteiger partial charge on any atom is -0.329 e. The quantitative estimate of drug-likeness (QED) is 0.774. The van der Waals surface area contributed by atoms with Gasteiger partial charge in [-0.2, -0.15) is 13.2 Å². The van der Waals surface area contributed by atoms with Gasteiger partial charge in [0.2, 0.25) is 11.8 Å². The molecule has 2 aliphatic heterocycles. The molecule has 3 rings (SSSR count). The van der Waals surface area contributed by atoms with Crippen LogP contribution in [0.3, 0.4) is 0 Å². The normalized spacial score (nSPS) is 24.5. The third kappa shape index (κ3) is 2.74. The highest BCUT2D eigenvalue weighted by Crippen LogP contribution is 2.33. The van der Waals surface area contributed by atoms with Gasteiger partial charge in [0, 0.05) is 13.1 Å². The minimum atomic E-state index is -4.81. The van der Waals surface area contributed by atoms with Crippen LogP contribution >= 0.6 is 0 Å². The molecule has 0 spiro atoms. The molecule has 24 heavy (non-hydrogen) atoms. The van der Waals surface area contributed by atoms with E-state index in [1.807, 2.05) is 0 Å². The van der Waals surface area contributed by atoms with E-state index in [0.29, 0.717) is 19.0 Å². The van der Waals surface area contributed by atoms with Gasteiger partial charge in [0.15, 0.2) is 0 Å². The first-order valence-electron chi connectivity index (χ1n) is 7.66. The van der Waals surface area contributed by atoms with Crippen molar-refractivity contribution in [1.82, 2.24) is 9.80 Å². The number of hydrogen-bond acceptors (Lipinski definition) is 2. The molecular formula is C16H16F4N2O2. The second-order valence-corrected chi connectivity index (χ2v) is 6.14. The van der Waals surface area contributed by atoms with E-state index in [4.69, 9.17) is 0 Å². The lowest BCUT2D eigenvalue weighted by molar-refractivity contribution is -0.159. The zero-order chi connectivity index (χ0) is 17.6. The standard InChI is InChI=1S/C16H16F4N2O2/c1-9-14(23)21-6-2-3-13(21)15(24)22(9)8-10-4-5-12(17)11(7-10)16(18,19)20/h4-5,7,9,13H,2-3,6,8H2,1H3/t9-,13+/m0/s1. The molecule has 0 radical (unpaired) electrons. The molecule has 2 saturated heterocycles. The Kier molecular flexibility index (Phi) is 4.01. The van der Waals surface area contributed by atoms with Gasteiger partial charge in [-0.3, -0.25) is 9.59 Å². The molecule has 2 fully saturated rings. The first kappa shape index (κ1) is 16.7. The SMILES string of the molecule is C[C@H]1C(=O)N2CCC[C@@H]2C(=O)N1Cc1ccc(F)c(C(F)(F)F)c1. The highest BCUT2D eigenvalue weighted by atomic mass is 19.4. The lowest BCUT2D eigenvalue weighted by Gasteiger charge is -2.41. The van der Waals surface area contributed by atoms with Gasteiger partial charge in [0.05, 0.1) is 5.56 Å². The molecular weight excluding hydrogens is 328 g/mol. The third-order valence-corrected chi connectivity index (χ3v) is 4.62. The van der Waals surface area contributed by atoms with E-state index in [1.165, 1.54) is 15.9 Å². The molecule has 2 aliphatic rings. The zero-order valence-electron chi connectivity index (χ0n) is 12.9. The van der Waals surface area contributed by atoms with E-state index in [9.17, 15) is 27.2 Å². The van der Waals surface area contributed by atoms with Gasteiger partial charge in [-0.15, -0.1) is 0 Å². The predicted octanol–water partition coefficient (Wildman–Crippen LogP) is 2.57. The van der Waals surface area contributed by atoms with E-state index in [0.717, 1.165) is 12.5 Å². The summed E-state index contributed by atoms with van der Waals surface area (Å²) < 4.78 is 51.8.